The van der Waals surface area contributed by atoms with E-state index < -0.39 is 12.1 Å². The monoisotopic (exact) mass is 307 g/mol. The van der Waals surface area contributed by atoms with Gasteiger partial charge in [-0.05, 0) is 26.0 Å². The lowest BCUT2D eigenvalue weighted by Crippen LogP contribution is -2.35. The van der Waals surface area contributed by atoms with Crippen molar-refractivity contribution < 1.29 is 23.8 Å². The number of likely N-dealkylation sites (N-methyl/N-ethyl adjacent to an activating group) is 1. The molecule has 0 fully saturated rings. The molecule has 1 rings (SSSR count). The molecule has 120 valence electrons. The summed E-state index contributed by atoms with van der Waals surface area (Å²) in [5, 5.41) is 2.58. The Morgan fingerprint density at radius 1 is 1.27 bits per heavy atom. The van der Waals surface area contributed by atoms with Gasteiger partial charge in [-0.2, -0.15) is 0 Å². The standard InChI is InChI=1S/C16H21NO5/c1-5-17-16(19)11(2)22-14(18)10-9-12-7-6-8-13(20-3)15(12)21-4/h6-11H,5H2,1-4H3,(H,17,19)/b10-9+/t11-/m0/s1. The van der Waals surface area contributed by atoms with Crippen molar-refractivity contribution in [1.29, 1.82) is 0 Å². The molecule has 0 bridgehead atoms. The molecule has 0 saturated heterocycles. The van der Waals surface area contributed by atoms with E-state index in [0.717, 1.165) is 0 Å². The van der Waals surface area contributed by atoms with Gasteiger partial charge in [0.05, 0.1) is 14.2 Å². The molecule has 0 aromatic heterocycles. The van der Waals surface area contributed by atoms with Gasteiger partial charge < -0.3 is 19.5 Å². The Hall–Kier alpha value is -2.50. The summed E-state index contributed by atoms with van der Waals surface area (Å²) >= 11 is 0. The number of benzene rings is 1. The summed E-state index contributed by atoms with van der Waals surface area (Å²) in [4.78, 5) is 23.2. The molecule has 0 heterocycles. The van der Waals surface area contributed by atoms with Crippen molar-refractivity contribution in [2.24, 2.45) is 0 Å². The highest BCUT2D eigenvalue weighted by Gasteiger charge is 2.15. The summed E-state index contributed by atoms with van der Waals surface area (Å²) in [7, 11) is 3.05. The third-order valence-corrected chi connectivity index (χ3v) is 2.85. The number of para-hydroxylation sites is 1. The van der Waals surface area contributed by atoms with Gasteiger partial charge in [-0.1, -0.05) is 12.1 Å². The van der Waals surface area contributed by atoms with Crippen LogP contribution in [-0.2, 0) is 14.3 Å². The second-order valence-corrected chi connectivity index (χ2v) is 4.39. The van der Waals surface area contributed by atoms with Crippen molar-refractivity contribution in [3.63, 3.8) is 0 Å². The third-order valence-electron chi connectivity index (χ3n) is 2.85. The van der Waals surface area contributed by atoms with Gasteiger partial charge in [0.2, 0.25) is 0 Å². The molecule has 0 saturated carbocycles. The lowest BCUT2D eigenvalue weighted by atomic mass is 10.1. The fourth-order valence-corrected chi connectivity index (χ4v) is 1.79. The number of esters is 1. The van der Waals surface area contributed by atoms with Gasteiger partial charge in [-0.15, -0.1) is 0 Å². The van der Waals surface area contributed by atoms with E-state index in [0.29, 0.717) is 23.6 Å². The molecule has 6 heteroatoms. The van der Waals surface area contributed by atoms with E-state index in [1.807, 2.05) is 0 Å². The van der Waals surface area contributed by atoms with Crippen LogP contribution in [0.4, 0.5) is 0 Å². The molecule has 0 spiro atoms. The van der Waals surface area contributed by atoms with E-state index in [2.05, 4.69) is 5.32 Å². The van der Waals surface area contributed by atoms with Crippen molar-refractivity contribution in [3.8, 4) is 11.5 Å². The summed E-state index contributed by atoms with van der Waals surface area (Å²) in [6, 6.07) is 5.31. The molecule has 1 N–H and O–H groups in total. The lowest BCUT2D eigenvalue weighted by Gasteiger charge is -2.11. The number of carbonyl (C=O) groups excluding carboxylic acids is 2. The number of ether oxygens (including phenoxy) is 3. The van der Waals surface area contributed by atoms with Crippen molar-refractivity contribution in [2.45, 2.75) is 20.0 Å². The minimum absolute atomic E-state index is 0.330. The fourth-order valence-electron chi connectivity index (χ4n) is 1.79. The molecule has 1 aromatic carbocycles. The van der Waals surface area contributed by atoms with Crippen molar-refractivity contribution in [2.75, 3.05) is 20.8 Å². The van der Waals surface area contributed by atoms with Crippen LogP contribution >= 0.6 is 0 Å². The highest BCUT2D eigenvalue weighted by atomic mass is 16.5. The topological polar surface area (TPSA) is 73.9 Å². The van der Waals surface area contributed by atoms with Crippen LogP contribution in [0.1, 0.15) is 19.4 Å². The largest absolute Gasteiger partial charge is 0.493 e. The first kappa shape index (κ1) is 17.6. The molecule has 1 amide bonds. The zero-order valence-corrected chi connectivity index (χ0v) is 13.2. The average molecular weight is 307 g/mol. The highest BCUT2D eigenvalue weighted by molar-refractivity contribution is 5.90. The molecule has 22 heavy (non-hydrogen) atoms. The molecule has 1 atom stereocenters. The summed E-state index contributed by atoms with van der Waals surface area (Å²) < 4.78 is 15.4. The summed E-state index contributed by atoms with van der Waals surface area (Å²) in [5.41, 5.74) is 0.671. The molecular weight excluding hydrogens is 286 g/mol. The molecule has 6 nitrogen and oxygen atoms in total. The first-order valence-corrected chi connectivity index (χ1v) is 6.90. The van der Waals surface area contributed by atoms with E-state index in [4.69, 9.17) is 14.2 Å². The number of nitrogens with one attached hydrogen (secondary N) is 1. The van der Waals surface area contributed by atoms with Gasteiger partial charge in [-0.25, -0.2) is 4.79 Å². The molecule has 1 aromatic rings. The van der Waals surface area contributed by atoms with Crippen molar-refractivity contribution >= 4 is 18.0 Å². The Morgan fingerprint density at radius 2 is 2.00 bits per heavy atom. The number of hydrogen-bond acceptors (Lipinski definition) is 5. The Bertz CT molecular complexity index is 553. The number of hydrogen-bond donors (Lipinski definition) is 1. The minimum atomic E-state index is -0.843. The number of rotatable bonds is 7. The van der Waals surface area contributed by atoms with Gasteiger partial charge >= 0.3 is 5.97 Å². The smallest absolute Gasteiger partial charge is 0.331 e. The van der Waals surface area contributed by atoms with Crippen molar-refractivity contribution in [3.05, 3.63) is 29.8 Å². The molecular formula is C16H21NO5. The van der Waals surface area contributed by atoms with Crippen LogP contribution in [0, 0.1) is 0 Å². The van der Waals surface area contributed by atoms with Crippen LogP contribution in [0.5, 0.6) is 11.5 Å². The number of methoxy groups -OCH3 is 2. The second kappa shape index (κ2) is 8.71. The van der Waals surface area contributed by atoms with Gasteiger partial charge in [0.15, 0.2) is 17.6 Å². The quantitative estimate of drug-likeness (QED) is 0.614. The van der Waals surface area contributed by atoms with E-state index in [1.165, 1.54) is 27.2 Å². The maximum absolute atomic E-state index is 11.7. The van der Waals surface area contributed by atoms with Gasteiger partial charge in [-0.3, -0.25) is 4.79 Å². The Kier molecular flexibility index (Phi) is 6.95. The van der Waals surface area contributed by atoms with Crippen LogP contribution in [0.3, 0.4) is 0 Å². The maximum Gasteiger partial charge on any atom is 0.331 e. The highest BCUT2D eigenvalue weighted by Crippen LogP contribution is 2.31. The van der Waals surface area contributed by atoms with Crippen LogP contribution in [-0.4, -0.2) is 38.7 Å². The summed E-state index contributed by atoms with van der Waals surface area (Å²) in [6.07, 6.45) is 1.95. The predicted molar refractivity (Wildman–Crippen MR) is 82.8 cm³/mol. The normalized spacial score (nSPS) is 11.8. The predicted octanol–water partition coefficient (Wildman–Crippen LogP) is 1.78. The molecule has 0 aliphatic carbocycles. The second-order valence-electron chi connectivity index (χ2n) is 4.39. The zero-order chi connectivity index (χ0) is 16.5. The summed E-state index contributed by atoms with van der Waals surface area (Å²) in [5.74, 6) is 0.145. The summed E-state index contributed by atoms with van der Waals surface area (Å²) in [6.45, 7) is 3.79. The van der Waals surface area contributed by atoms with E-state index in [-0.39, 0.29) is 5.91 Å². The lowest BCUT2D eigenvalue weighted by molar-refractivity contribution is -0.150. The number of carbonyl (C=O) groups is 2. The maximum atomic E-state index is 11.7. The van der Waals surface area contributed by atoms with Gasteiger partial charge in [0, 0.05) is 18.2 Å². The van der Waals surface area contributed by atoms with E-state index >= 15 is 0 Å². The van der Waals surface area contributed by atoms with E-state index in [9.17, 15) is 9.59 Å². The SMILES string of the molecule is CCNC(=O)[C@H](C)OC(=O)/C=C/c1cccc(OC)c1OC. The van der Waals surface area contributed by atoms with Crippen LogP contribution in [0.2, 0.25) is 0 Å². The minimum Gasteiger partial charge on any atom is -0.493 e. The fraction of sp³-hybridized carbons (Fsp3) is 0.375. The molecule has 0 unspecified atom stereocenters. The Balaban J connectivity index is 2.76. The van der Waals surface area contributed by atoms with Crippen LogP contribution < -0.4 is 14.8 Å². The number of amides is 1. The first-order valence-electron chi connectivity index (χ1n) is 6.90. The Labute approximate surface area is 130 Å². The van der Waals surface area contributed by atoms with E-state index in [1.54, 1.807) is 31.2 Å². The van der Waals surface area contributed by atoms with Crippen LogP contribution in [0.15, 0.2) is 24.3 Å². The van der Waals surface area contributed by atoms with Gasteiger partial charge in [0.1, 0.15) is 0 Å². The van der Waals surface area contributed by atoms with Crippen LogP contribution in [0.25, 0.3) is 6.08 Å². The third kappa shape index (κ3) is 4.80. The Morgan fingerprint density at radius 3 is 2.59 bits per heavy atom. The van der Waals surface area contributed by atoms with Crippen molar-refractivity contribution in [1.82, 2.24) is 5.32 Å². The molecule has 0 aliphatic rings. The first-order chi connectivity index (χ1) is 10.5. The van der Waals surface area contributed by atoms with Gasteiger partial charge in [0.25, 0.3) is 5.91 Å². The molecule has 0 radical (unpaired) electrons. The molecule has 0 aliphatic heterocycles. The zero-order valence-electron chi connectivity index (χ0n) is 13.2. The average Bonchev–Trinajstić information content (AvgIpc) is 2.52.